The van der Waals surface area contributed by atoms with Gasteiger partial charge in [0.15, 0.2) is 6.10 Å². The molecule has 1 amide bonds. The maximum absolute atomic E-state index is 12.5. The number of carbonyl (C=O) groups excluding carboxylic acids is 1. The van der Waals surface area contributed by atoms with Gasteiger partial charge in [-0.3, -0.25) is 4.90 Å². The van der Waals surface area contributed by atoms with Gasteiger partial charge >= 0.3 is 12.1 Å². The fourth-order valence-corrected chi connectivity index (χ4v) is 3.22. The van der Waals surface area contributed by atoms with Gasteiger partial charge < -0.3 is 9.84 Å². The molecule has 1 aliphatic heterocycles. The van der Waals surface area contributed by atoms with Crippen LogP contribution in [0.1, 0.15) is 29.7 Å². The molecule has 0 aliphatic carbocycles. The van der Waals surface area contributed by atoms with Gasteiger partial charge in [-0.25, -0.2) is 9.59 Å². The van der Waals surface area contributed by atoms with E-state index in [0.717, 1.165) is 11.1 Å². The van der Waals surface area contributed by atoms with Crippen LogP contribution < -0.4 is 0 Å². The zero-order valence-electron chi connectivity index (χ0n) is 13.6. The van der Waals surface area contributed by atoms with Crippen LogP contribution in [0, 0.1) is 0 Å². The van der Waals surface area contributed by atoms with E-state index in [0.29, 0.717) is 0 Å². The zero-order chi connectivity index (χ0) is 17.8. The zero-order valence-corrected chi connectivity index (χ0v) is 13.6. The molecule has 5 heteroatoms. The van der Waals surface area contributed by atoms with Crippen molar-refractivity contribution in [3.63, 3.8) is 0 Å². The van der Waals surface area contributed by atoms with Crippen LogP contribution in [0.5, 0.6) is 0 Å². The Labute approximate surface area is 146 Å². The van der Waals surface area contributed by atoms with Crippen LogP contribution >= 0.6 is 0 Å². The third-order valence-corrected chi connectivity index (χ3v) is 4.32. The molecule has 0 aromatic heterocycles. The van der Waals surface area contributed by atoms with E-state index in [2.05, 4.69) is 6.58 Å². The highest BCUT2D eigenvalue weighted by atomic mass is 16.6. The van der Waals surface area contributed by atoms with E-state index in [1.807, 2.05) is 60.7 Å². The average molecular weight is 337 g/mol. The topological polar surface area (TPSA) is 66.8 Å². The molecular formula is C20H19NO4. The number of amides is 1. The highest BCUT2D eigenvalue weighted by molar-refractivity contribution is 5.83. The van der Waals surface area contributed by atoms with Crippen molar-refractivity contribution in [2.75, 3.05) is 0 Å². The predicted molar refractivity (Wildman–Crippen MR) is 92.9 cm³/mol. The largest absolute Gasteiger partial charge is 0.465 e. The van der Waals surface area contributed by atoms with Crippen LogP contribution in [0.15, 0.2) is 73.3 Å². The summed E-state index contributed by atoms with van der Waals surface area (Å²) in [5.41, 5.74) is 1.54. The lowest BCUT2D eigenvalue weighted by Gasteiger charge is -2.43. The van der Waals surface area contributed by atoms with Crippen LogP contribution in [0.2, 0.25) is 0 Å². The van der Waals surface area contributed by atoms with Crippen LogP contribution in [-0.4, -0.2) is 28.1 Å². The first-order valence-corrected chi connectivity index (χ1v) is 8.06. The van der Waals surface area contributed by atoms with Crippen molar-refractivity contribution in [1.82, 2.24) is 4.90 Å². The molecule has 1 aliphatic rings. The summed E-state index contributed by atoms with van der Waals surface area (Å²) in [5.74, 6) is -0.552. The van der Waals surface area contributed by atoms with E-state index in [9.17, 15) is 14.7 Å². The molecule has 0 bridgehead atoms. The summed E-state index contributed by atoms with van der Waals surface area (Å²) in [4.78, 5) is 25.7. The quantitative estimate of drug-likeness (QED) is 0.677. The first-order valence-electron chi connectivity index (χ1n) is 8.06. The minimum absolute atomic E-state index is 0.204. The lowest BCUT2D eigenvalue weighted by atomic mass is 9.91. The molecule has 1 fully saturated rings. The average Bonchev–Trinajstić information content (AvgIpc) is 2.64. The van der Waals surface area contributed by atoms with E-state index in [4.69, 9.17) is 4.74 Å². The Hall–Kier alpha value is -3.08. The van der Waals surface area contributed by atoms with Gasteiger partial charge in [0.2, 0.25) is 0 Å². The highest BCUT2D eigenvalue weighted by Gasteiger charge is 2.47. The number of ether oxygens (including phenoxy) is 1. The first kappa shape index (κ1) is 16.8. The second kappa shape index (κ2) is 7.21. The minimum atomic E-state index is -1.15. The Bertz CT molecular complexity index is 760. The number of rotatable bonds is 4. The third-order valence-electron chi connectivity index (χ3n) is 4.32. The van der Waals surface area contributed by atoms with Gasteiger partial charge in [-0.2, -0.15) is 0 Å². The van der Waals surface area contributed by atoms with Crippen molar-refractivity contribution in [2.45, 2.75) is 24.6 Å². The second-order valence-corrected chi connectivity index (χ2v) is 5.85. The summed E-state index contributed by atoms with van der Waals surface area (Å²) in [6.07, 6.45) is -0.116. The van der Waals surface area contributed by atoms with Gasteiger partial charge in [0.1, 0.15) is 12.1 Å². The maximum Gasteiger partial charge on any atom is 0.408 e. The smallest absolute Gasteiger partial charge is 0.408 e. The summed E-state index contributed by atoms with van der Waals surface area (Å²) in [6.45, 7) is 3.63. The van der Waals surface area contributed by atoms with Gasteiger partial charge in [-0.05, 0) is 17.5 Å². The summed E-state index contributed by atoms with van der Waals surface area (Å²) >= 11 is 0. The molecule has 1 saturated heterocycles. The number of morpholine rings is 1. The Morgan fingerprint density at radius 2 is 1.64 bits per heavy atom. The normalized spacial score (nSPS) is 23.0. The van der Waals surface area contributed by atoms with Crippen molar-refractivity contribution in [2.24, 2.45) is 0 Å². The van der Waals surface area contributed by atoms with Crippen molar-refractivity contribution in [1.29, 1.82) is 0 Å². The molecule has 0 spiro atoms. The van der Waals surface area contributed by atoms with Crippen LogP contribution in [0.4, 0.5) is 4.79 Å². The lowest BCUT2D eigenvalue weighted by molar-refractivity contribution is -0.172. The predicted octanol–water partition coefficient (Wildman–Crippen LogP) is 3.95. The van der Waals surface area contributed by atoms with Gasteiger partial charge in [-0.1, -0.05) is 66.7 Å². The molecule has 1 N–H and O–H groups in total. The van der Waals surface area contributed by atoms with Gasteiger partial charge in [0, 0.05) is 0 Å². The Morgan fingerprint density at radius 3 is 2.16 bits per heavy atom. The SMILES string of the molecule is C=CC[C@@H]1C(=O)O[C@H](c2ccccc2)[C@H](c2ccccc2)N1C(=O)O. The van der Waals surface area contributed by atoms with E-state index < -0.39 is 30.3 Å². The van der Waals surface area contributed by atoms with Crippen molar-refractivity contribution >= 4 is 12.1 Å². The second-order valence-electron chi connectivity index (χ2n) is 5.85. The number of esters is 1. The highest BCUT2D eigenvalue weighted by Crippen LogP contribution is 2.42. The molecule has 2 aromatic rings. The molecule has 2 aromatic carbocycles. The molecule has 0 unspecified atom stereocenters. The molecule has 3 rings (SSSR count). The fraction of sp³-hybridized carbons (Fsp3) is 0.200. The van der Waals surface area contributed by atoms with Crippen molar-refractivity contribution in [3.05, 3.63) is 84.4 Å². The van der Waals surface area contributed by atoms with Gasteiger partial charge in [-0.15, -0.1) is 6.58 Å². The van der Waals surface area contributed by atoms with Crippen molar-refractivity contribution < 1.29 is 19.4 Å². The number of nitrogens with zero attached hydrogens (tertiary/aromatic N) is 1. The van der Waals surface area contributed by atoms with Crippen LogP contribution in [0.25, 0.3) is 0 Å². The summed E-state index contributed by atoms with van der Waals surface area (Å²) < 4.78 is 5.69. The first-order chi connectivity index (χ1) is 12.1. The molecular weight excluding hydrogens is 318 g/mol. The number of benzene rings is 2. The van der Waals surface area contributed by atoms with E-state index in [-0.39, 0.29) is 6.42 Å². The Balaban J connectivity index is 2.12. The summed E-state index contributed by atoms with van der Waals surface area (Å²) in [7, 11) is 0. The molecule has 0 radical (unpaired) electrons. The van der Waals surface area contributed by atoms with E-state index in [1.165, 1.54) is 11.0 Å². The molecule has 0 saturated carbocycles. The standard InChI is InChI=1S/C20H19NO4/c1-2-9-16-19(22)25-18(15-12-7-4-8-13-15)17(21(16)20(23)24)14-10-5-3-6-11-14/h2-8,10-13,16-18H,1,9H2,(H,23,24)/t16-,17+,18-/m1/s1. The maximum atomic E-state index is 12.5. The van der Waals surface area contributed by atoms with Crippen molar-refractivity contribution in [3.8, 4) is 0 Å². The Morgan fingerprint density at radius 1 is 1.08 bits per heavy atom. The van der Waals surface area contributed by atoms with Gasteiger partial charge in [0.05, 0.1) is 0 Å². The molecule has 3 atom stereocenters. The number of carboxylic acid groups (broad SMARTS) is 1. The number of hydrogen-bond donors (Lipinski definition) is 1. The fourth-order valence-electron chi connectivity index (χ4n) is 3.22. The van der Waals surface area contributed by atoms with Crippen LogP contribution in [-0.2, 0) is 9.53 Å². The lowest BCUT2D eigenvalue weighted by Crippen LogP contribution is -2.53. The molecule has 5 nitrogen and oxygen atoms in total. The summed E-state index contributed by atoms with van der Waals surface area (Å²) in [6, 6.07) is 16.9. The number of hydrogen-bond acceptors (Lipinski definition) is 3. The number of carbonyl (C=O) groups is 2. The van der Waals surface area contributed by atoms with E-state index >= 15 is 0 Å². The molecule has 1 heterocycles. The van der Waals surface area contributed by atoms with E-state index in [1.54, 1.807) is 0 Å². The molecule has 25 heavy (non-hydrogen) atoms. The Kier molecular flexibility index (Phi) is 4.84. The monoisotopic (exact) mass is 337 g/mol. The minimum Gasteiger partial charge on any atom is -0.465 e. The molecule has 128 valence electrons. The van der Waals surface area contributed by atoms with Crippen LogP contribution in [0.3, 0.4) is 0 Å². The number of cyclic esters (lactones) is 1. The van der Waals surface area contributed by atoms with Gasteiger partial charge in [0.25, 0.3) is 0 Å². The third kappa shape index (κ3) is 3.26. The summed E-state index contributed by atoms with van der Waals surface area (Å²) in [5, 5.41) is 9.83.